The van der Waals surface area contributed by atoms with Gasteiger partial charge >= 0.3 is 6.61 Å². The summed E-state index contributed by atoms with van der Waals surface area (Å²) in [7, 11) is -2.75. The van der Waals surface area contributed by atoms with Crippen LogP contribution in [-0.4, -0.2) is 59.9 Å². The summed E-state index contributed by atoms with van der Waals surface area (Å²) in [4.78, 5) is 13.4. The lowest BCUT2D eigenvalue weighted by atomic mass is 9.89. The molecule has 2 saturated carbocycles. The normalized spacial score (nSPS) is 23.8. The minimum absolute atomic E-state index is 0.0392. The first-order valence-electron chi connectivity index (χ1n) is 12.5. The van der Waals surface area contributed by atoms with E-state index in [2.05, 4.69) is 25.2 Å². The van der Waals surface area contributed by atoms with E-state index in [1.54, 1.807) is 7.05 Å². The molecular formula is C23H26F5N5O4S3. The lowest BCUT2D eigenvalue weighted by molar-refractivity contribution is -0.117. The second kappa shape index (κ2) is 10.8. The highest BCUT2D eigenvalue weighted by Crippen LogP contribution is 2.44. The summed E-state index contributed by atoms with van der Waals surface area (Å²) in [5.74, 6) is -4.66. The van der Waals surface area contributed by atoms with Crippen LogP contribution in [0.1, 0.15) is 41.8 Å². The largest absolute Gasteiger partial charge is 0.415 e. The summed E-state index contributed by atoms with van der Waals surface area (Å²) >= 11 is 6.54. The predicted molar refractivity (Wildman–Crippen MR) is 139 cm³/mol. The highest BCUT2D eigenvalue weighted by atomic mass is 32.2. The van der Waals surface area contributed by atoms with Crippen molar-refractivity contribution in [1.29, 1.82) is 0 Å². The zero-order chi connectivity index (χ0) is 29.0. The van der Waals surface area contributed by atoms with Crippen molar-refractivity contribution in [2.24, 2.45) is 13.0 Å². The van der Waals surface area contributed by atoms with Crippen molar-refractivity contribution in [3.63, 3.8) is 0 Å². The van der Waals surface area contributed by atoms with Crippen molar-refractivity contribution in [2.75, 3.05) is 5.32 Å². The number of sulfonamides is 1. The Morgan fingerprint density at radius 3 is 2.65 bits per heavy atom. The Balaban J connectivity index is 1.33. The maximum atomic E-state index is 13.5. The van der Waals surface area contributed by atoms with Crippen LogP contribution in [0.25, 0.3) is 0 Å². The molecule has 3 N–H and O–H groups in total. The second-order valence-corrected chi connectivity index (χ2v) is 13.5. The molecule has 0 aliphatic heterocycles. The Hall–Kier alpha value is -2.37. The molecule has 1 amide bonds. The van der Waals surface area contributed by atoms with Crippen molar-refractivity contribution in [3.05, 3.63) is 22.2 Å². The Labute approximate surface area is 235 Å². The summed E-state index contributed by atoms with van der Waals surface area (Å²) in [6, 6.07) is 0.0965. The molecule has 0 unspecified atom stereocenters. The number of carbonyl (C=O) groups is 1. The number of amides is 1. The minimum Gasteiger partial charge on any atom is -0.415 e. The highest BCUT2D eigenvalue weighted by molar-refractivity contribution is 7.90. The predicted octanol–water partition coefficient (Wildman–Crippen LogP) is 3.47. The lowest BCUT2D eigenvalue weighted by Crippen LogP contribution is -2.50. The van der Waals surface area contributed by atoms with Gasteiger partial charge in [-0.2, -0.15) is 8.78 Å². The molecule has 2 aromatic rings. The molecule has 3 aliphatic carbocycles. The van der Waals surface area contributed by atoms with Gasteiger partial charge in [-0.15, -0.1) is 16.4 Å². The van der Waals surface area contributed by atoms with Crippen molar-refractivity contribution in [3.8, 4) is 5.88 Å². The fourth-order valence-electron chi connectivity index (χ4n) is 4.94. The fourth-order valence-corrected chi connectivity index (χ4v) is 8.47. The third-order valence-electron chi connectivity index (χ3n) is 7.05. The van der Waals surface area contributed by atoms with Gasteiger partial charge in [-0.05, 0) is 31.2 Å². The molecule has 2 fully saturated rings. The molecule has 3 aliphatic rings. The molecule has 2 aromatic heterocycles. The summed E-state index contributed by atoms with van der Waals surface area (Å²) in [5.41, 5.74) is 0.951. The number of aromatic nitrogens is 2. The van der Waals surface area contributed by atoms with E-state index in [1.807, 2.05) is 0 Å². The standard InChI is InChI=1S/C23H26F5N5O4S3/c1-33-12(5-17(31-33)37-22(25)26)6-18(38)29-10-2-3-16-14(4-10)19(21(39-16)30-20(34)13-7-15(13)24)40(35,36)32-11-8-23(27,28)9-11/h5,10-11,13,15,22,32H,2-4,6-9H2,1H3,(H,29,38)(H,30,34)/t10-,13-,15-/m0/s1. The van der Waals surface area contributed by atoms with E-state index in [1.165, 1.54) is 10.7 Å². The zero-order valence-corrected chi connectivity index (χ0v) is 23.5. The van der Waals surface area contributed by atoms with E-state index < -0.39 is 59.4 Å². The average molecular weight is 628 g/mol. The lowest BCUT2D eigenvalue weighted by Gasteiger charge is -2.35. The molecule has 0 aromatic carbocycles. The van der Waals surface area contributed by atoms with Gasteiger partial charge in [-0.1, -0.05) is 12.2 Å². The third-order valence-corrected chi connectivity index (χ3v) is 10.3. The number of thiophene rings is 1. The molecule has 2 heterocycles. The van der Waals surface area contributed by atoms with E-state index in [4.69, 9.17) is 12.2 Å². The molecule has 3 atom stereocenters. The second-order valence-electron chi connectivity index (χ2n) is 10.3. The zero-order valence-electron chi connectivity index (χ0n) is 21.1. The number of fused-ring (bicyclic) bond motifs is 1. The number of aryl methyl sites for hydroxylation is 2. The smallest absolute Gasteiger partial charge is 0.388 e. The van der Waals surface area contributed by atoms with Gasteiger partial charge in [0.25, 0.3) is 5.92 Å². The molecule has 5 rings (SSSR count). The Bertz CT molecular complexity index is 1420. The van der Waals surface area contributed by atoms with E-state index >= 15 is 0 Å². The molecule has 17 heteroatoms. The van der Waals surface area contributed by atoms with Crippen molar-refractivity contribution < 1.29 is 39.9 Å². The minimum atomic E-state index is -4.31. The van der Waals surface area contributed by atoms with Crippen LogP contribution < -0.4 is 20.1 Å². The molecule has 0 bridgehead atoms. The number of hydrogen-bond acceptors (Lipinski definition) is 7. The summed E-state index contributed by atoms with van der Waals surface area (Å²) in [6.07, 6.45) is -1.07. The van der Waals surface area contributed by atoms with Crippen LogP contribution >= 0.6 is 23.6 Å². The number of anilines is 1. The monoisotopic (exact) mass is 627 g/mol. The SMILES string of the molecule is Cn1nc(OC(F)F)cc1CC(=S)N[C@H]1CCc2sc(NC(=O)[C@H]3C[C@@H]3F)c(S(=O)(=O)NC3CC(F)(F)C3)c2C1. The fraction of sp³-hybridized carbons (Fsp3) is 0.609. The topological polar surface area (TPSA) is 114 Å². The van der Waals surface area contributed by atoms with E-state index in [0.717, 1.165) is 11.3 Å². The summed E-state index contributed by atoms with van der Waals surface area (Å²) < 4.78 is 100. The number of carbonyl (C=O) groups excluding carboxylic acids is 1. The summed E-state index contributed by atoms with van der Waals surface area (Å²) in [6.45, 7) is -3.02. The van der Waals surface area contributed by atoms with E-state index in [-0.39, 0.29) is 41.1 Å². The molecule has 9 nitrogen and oxygen atoms in total. The van der Waals surface area contributed by atoms with Crippen molar-refractivity contribution in [2.45, 2.75) is 80.6 Å². The number of halogens is 5. The van der Waals surface area contributed by atoms with Crippen LogP contribution in [0, 0.1) is 5.92 Å². The van der Waals surface area contributed by atoms with Gasteiger partial charge in [0.1, 0.15) is 16.1 Å². The van der Waals surface area contributed by atoms with Gasteiger partial charge in [0, 0.05) is 55.0 Å². The number of ether oxygens (including phenoxy) is 1. The van der Waals surface area contributed by atoms with Gasteiger partial charge < -0.3 is 15.4 Å². The molecular weight excluding hydrogens is 601 g/mol. The first-order valence-corrected chi connectivity index (χ1v) is 15.2. The number of nitrogens with one attached hydrogen (secondary N) is 3. The van der Waals surface area contributed by atoms with Gasteiger partial charge in [-0.25, -0.2) is 26.3 Å². The van der Waals surface area contributed by atoms with Crippen molar-refractivity contribution in [1.82, 2.24) is 19.8 Å². The molecule has 0 radical (unpaired) electrons. The van der Waals surface area contributed by atoms with Crippen LogP contribution in [0.15, 0.2) is 11.0 Å². The Kier molecular flexibility index (Phi) is 7.86. The summed E-state index contributed by atoms with van der Waals surface area (Å²) in [5, 5.41) is 9.63. The molecule has 0 saturated heterocycles. The van der Waals surface area contributed by atoms with Gasteiger partial charge in [0.05, 0.1) is 10.9 Å². The van der Waals surface area contributed by atoms with E-state index in [9.17, 15) is 35.2 Å². The van der Waals surface area contributed by atoms with E-state index in [0.29, 0.717) is 34.0 Å². The molecule has 220 valence electrons. The third kappa shape index (κ3) is 6.41. The average Bonchev–Trinajstić information content (AvgIpc) is 3.29. The molecule has 0 spiro atoms. The van der Waals surface area contributed by atoms with Crippen LogP contribution in [0.4, 0.5) is 27.0 Å². The number of hydrogen-bond donors (Lipinski definition) is 3. The van der Waals surface area contributed by atoms with Gasteiger partial charge in [0.15, 0.2) is 0 Å². The van der Waals surface area contributed by atoms with Gasteiger partial charge in [-0.3, -0.25) is 9.48 Å². The maximum Gasteiger partial charge on any atom is 0.388 e. The first kappa shape index (κ1) is 29.1. The Morgan fingerprint density at radius 1 is 1.32 bits per heavy atom. The number of nitrogens with zero attached hydrogens (tertiary/aromatic N) is 2. The van der Waals surface area contributed by atoms with Crippen LogP contribution in [0.5, 0.6) is 5.88 Å². The number of rotatable bonds is 10. The maximum absolute atomic E-state index is 13.5. The highest BCUT2D eigenvalue weighted by Gasteiger charge is 2.48. The van der Waals surface area contributed by atoms with Gasteiger partial charge in [0.2, 0.25) is 21.8 Å². The first-order chi connectivity index (χ1) is 18.7. The number of alkyl halides is 5. The number of thiocarbonyl (C=S) groups is 1. The quantitative estimate of drug-likeness (QED) is 0.273. The van der Waals surface area contributed by atoms with Crippen LogP contribution in [-0.2, 0) is 41.1 Å². The Morgan fingerprint density at radius 2 is 2.02 bits per heavy atom. The van der Waals surface area contributed by atoms with Crippen LogP contribution in [0.2, 0.25) is 0 Å². The van der Waals surface area contributed by atoms with Crippen LogP contribution in [0.3, 0.4) is 0 Å². The molecule has 40 heavy (non-hydrogen) atoms. The van der Waals surface area contributed by atoms with Crippen molar-refractivity contribution >= 4 is 49.5 Å².